The number of sulfonamides is 1. The standard InChI is InChI=1S/C38H42N4O6S3/c1-25(43)22-39-38(2,3)21-35(44)40-31-24-50-33-20-29(49-4)18-19-32(33)42(37(31)46)23-26-14-16-27(17-15-26)30-12-8-9-13-34(30)51(47,48)41-36(45)28-10-6-5-7-11-28/h5-20,25,31,39,43H,21-24H2,1-4H3,(H,40,44)(H,41,45)/t25-,31-/m1/s1. The average molecular weight is 747 g/mol. The molecule has 0 saturated carbocycles. The van der Waals surface area contributed by atoms with Crippen LogP contribution in [0.3, 0.4) is 0 Å². The molecule has 13 heteroatoms. The van der Waals surface area contributed by atoms with Crippen LogP contribution in [0.25, 0.3) is 11.1 Å². The van der Waals surface area contributed by atoms with Crippen LogP contribution in [0.15, 0.2) is 112 Å². The second-order valence-corrected chi connectivity index (χ2v) is 16.6. The van der Waals surface area contributed by atoms with Crippen molar-refractivity contribution in [3.05, 3.63) is 108 Å². The molecule has 0 spiro atoms. The molecule has 0 radical (unpaired) electrons. The molecule has 0 aromatic heterocycles. The number of anilines is 1. The summed E-state index contributed by atoms with van der Waals surface area (Å²) < 4.78 is 29.0. The SMILES string of the molecule is CSc1ccc2c(c1)SC[C@@H](NC(=O)CC(C)(C)NC[C@@H](C)O)C(=O)N2Cc1ccc(-c2ccccc2S(=O)(=O)NC(=O)c2ccccc2)cc1. The molecule has 1 aliphatic rings. The maximum Gasteiger partial charge on any atom is 0.264 e. The minimum Gasteiger partial charge on any atom is -0.392 e. The third kappa shape index (κ3) is 9.80. The normalized spacial score (nSPS) is 15.4. The van der Waals surface area contributed by atoms with E-state index in [2.05, 4.69) is 21.4 Å². The van der Waals surface area contributed by atoms with E-state index in [1.165, 1.54) is 17.8 Å². The molecule has 3 amide bonds. The van der Waals surface area contributed by atoms with Gasteiger partial charge in [-0.05, 0) is 74.6 Å². The average Bonchev–Trinajstić information content (AvgIpc) is 3.23. The Morgan fingerprint density at radius 3 is 2.37 bits per heavy atom. The minimum absolute atomic E-state index is 0.0388. The van der Waals surface area contributed by atoms with Gasteiger partial charge in [0.25, 0.3) is 21.8 Å². The Morgan fingerprint density at radius 2 is 1.69 bits per heavy atom. The van der Waals surface area contributed by atoms with Crippen LogP contribution in [0.5, 0.6) is 0 Å². The highest BCUT2D eigenvalue weighted by molar-refractivity contribution is 8.00. The molecule has 4 aromatic rings. The van der Waals surface area contributed by atoms with Crippen LogP contribution in [0.2, 0.25) is 0 Å². The van der Waals surface area contributed by atoms with E-state index in [0.717, 1.165) is 21.0 Å². The summed E-state index contributed by atoms with van der Waals surface area (Å²) in [5.41, 5.74) is 2.21. The molecular formula is C38H42N4O6S3. The second kappa shape index (κ2) is 16.5. The van der Waals surface area contributed by atoms with Crippen LogP contribution >= 0.6 is 23.5 Å². The molecule has 1 heterocycles. The van der Waals surface area contributed by atoms with Gasteiger partial charge in [0.2, 0.25) is 5.91 Å². The van der Waals surface area contributed by atoms with E-state index in [4.69, 9.17) is 0 Å². The van der Waals surface area contributed by atoms with Crippen molar-refractivity contribution in [2.45, 2.75) is 66.1 Å². The zero-order chi connectivity index (χ0) is 36.8. The first kappa shape index (κ1) is 38.1. The lowest BCUT2D eigenvalue weighted by Crippen LogP contribution is -2.52. The number of carbonyl (C=O) groups excluding carboxylic acids is 3. The zero-order valence-corrected chi connectivity index (χ0v) is 31.3. The van der Waals surface area contributed by atoms with E-state index in [9.17, 15) is 27.9 Å². The van der Waals surface area contributed by atoms with Crippen LogP contribution in [0.4, 0.5) is 5.69 Å². The lowest BCUT2D eigenvalue weighted by atomic mass is 9.99. The number of β-amino-alcohol motifs (C(OH)–C–C–N with tert-alkyl or cyclic N) is 1. The quantitative estimate of drug-likeness (QED) is 0.131. The van der Waals surface area contributed by atoms with Gasteiger partial charge in [0.15, 0.2) is 0 Å². The van der Waals surface area contributed by atoms with Crippen molar-refractivity contribution < 1.29 is 27.9 Å². The van der Waals surface area contributed by atoms with Crippen LogP contribution in [0, 0.1) is 0 Å². The summed E-state index contributed by atoms with van der Waals surface area (Å²) in [5, 5.41) is 15.8. The first-order valence-electron chi connectivity index (χ1n) is 16.4. The molecule has 0 saturated heterocycles. The molecule has 0 aliphatic carbocycles. The lowest BCUT2D eigenvalue weighted by Gasteiger charge is -2.29. The van der Waals surface area contributed by atoms with Gasteiger partial charge >= 0.3 is 0 Å². The molecule has 0 bridgehead atoms. The Hall–Kier alpha value is -4.14. The van der Waals surface area contributed by atoms with Gasteiger partial charge in [0, 0.05) is 45.2 Å². The largest absolute Gasteiger partial charge is 0.392 e. The van der Waals surface area contributed by atoms with Crippen molar-refractivity contribution in [1.82, 2.24) is 15.4 Å². The summed E-state index contributed by atoms with van der Waals surface area (Å²) in [6.45, 7) is 5.98. The molecule has 0 unspecified atom stereocenters. The van der Waals surface area contributed by atoms with Gasteiger partial charge in [-0.15, -0.1) is 23.5 Å². The molecule has 51 heavy (non-hydrogen) atoms. The van der Waals surface area contributed by atoms with Crippen molar-refractivity contribution in [2.24, 2.45) is 0 Å². The highest BCUT2D eigenvalue weighted by atomic mass is 32.2. The third-order valence-electron chi connectivity index (χ3n) is 8.29. The summed E-state index contributed by atoms with van der Waals surface area (Å²) in [4.78, 5) is 43.7. The van der Waals surface area contributed by atoms with Gasteiger partial charge in [-0.25, -0.2) is 13.1 Å². The molecule has 5 rings (SSSR count). The van der Waals surface area contributed by atoms with Crippen molar-refractivity contribution in [1.29, 1.82) is 0 Å². The van der Waals surface area contributed by atoms with E-state index in [0.29, 0.717) is 23.4 Å². The number of benzene rings is 4. The van der Waals surface area contributed by atoms with Crippen molar-refractivity contribution >= 4 is 57.0 Å². The summed E-state index contributed by atoms with van der Waals surface area (Å²) in [7, 11) is -4.21. The predicted octanol–water partition coefficient (Wildman–Crippen LogP) is 5.46. The Balaban J connectivity index is 1.38. The summed E-state index contributed by atoms with van der Waals surface area (Å²) in [6.07, 6.45) is 1.55. The molecule has 268 valence electrons. The van der Waals surface area contributed by atoms with Gasteiger partial charge in [0.05, 0.1) is 23.2 Å². The van der Waals surface area contributed by atoms with E-state index < -0.39 is 33.6 Å². The first-order valence-corrected chi connectivity index (χ1v) is 20.1. The Kier molecular flexibility index (Phi) is 12.3. The van der Waals surface area contributed by atoms with Gasteiger partial charge in [-0.1, -0.05) is 60.7 Å². The van der Waals surface area contributed by atoms with Crippen LogP contribution in [-0.2, 0) is 26.2 Å². The number of amides is 3. The molecular weight excluding hydrogens is 705 g/mol. The maximum atomic E-state index is 14.2. The topological polar surface area (TPSA) is 145 Å². The monoisotopic (exact) mass is 746 g/mol. The highest BCUT2D eigenvalue weighted by Gasteiger charge is 2.33. The maximum absolute atomic E-state index is 14.2. The summed E-state index contributed by atoms with van der Waals surface area (Å²) in [6, 6.07) is 27.0. The first-order chi connectivity index (χ1) is 24.3. The number of fused-ring (bicyclic) bond motifs is 1. The molecule has 10 nitrogen and oxygen atoms in total. The Bertz CT molecular complexity index is 1990. The minimum atomic E-state index is -4.21. The van der Waals surface area contributed by atoms with Gasteiger partial charge in [-0.2, -0.15) is 0 Å². The number of aliphatic hydroxyl groups excluding tert-OH is 1. The number of hydrogen-bond donors (Lipinski definition) is 4. The fraction of sp³-hybridized carbons (Fsp3) is 0.289. The molecule has 2 atom stereocenters. The number of aliphatic hydroxyl groups is 1. The van der Waals surface area contributed by atoms with Gasteiger partial charge in [0.1, 0.15) is 6.04 Å². The number of carbonyl (C=O) groups is 3. The van der Waals surface area contributed by atoms with Crippen LogP contribution in [0.1, 0.15) is 43.1 Å². The number of nitrogens with zero attached hydrogens (tertiary/aromatic N) is 1. The van der Waals surface area contributed by atoms with Crippen molar-refractivity contribution in [3.8, 4) is 11.1 Å². The predicted molar refractivity (Wildman–Crippen MR) is 203 cm³/mol. The fourth-order valence-corrected chi connectivity index (χ4v) is 8.48. The Morgan fingerprint density at radius 1 is 1.00 bits per heavy atom. The van der Waals surface area contributed by atoms with E-state index >= 15 is 0 Å². The van der Waals surface area contributed by atoms with E-state index in [1.807, 2.05) is 44.4 Å². The van der Waals surface area contributed by atoms with Gasteiger partial charge in [-0.3, -0.25) is 14.4 Å². The lowest BCUT2D eigenvalue weighted by molar-refractivity contribution is -0.127. The number of nitrogens with one attached hydrogen (secondary N) is 3. The zero-order valence-electron chi connectivity index (χ0n) is 28.9. The molecule has 1 aliphatic heterocycles. The van der Waals surface area contributed by atoms with E-state index in [-0.39, 0.29) is 35.2 Å². The van der Waals surface area contributed by atoms with Crippen molar-refractivity contribution in [3.63, 3.8) is 0 Å². The second-order valence-electron chi connectivity index (χ2n) is 13.0. The van der Waals surface area contributed by atoms with Gasteiger partial charge < -0.3 is 20.6 Å². The summed E-state index contributed by atoms with van der Waals surface area (Å²) >= 11 is 3.13. The highest BCUT2D eigenvalue weighted by Crippen LogP contribution is 2.38. The molecule has 4 aromatic carbocycles. The van der Waals surface area contributed by atoms with E-state index in [1.54, 1.807) is 84.2 Å². The number of hydrogen-bond acceptors (Lipinski definition) is 9. The molecule has 0 fully saturated rings. The number of thioether (sulfide) groups is 2. The van der Waals surface area contributed by atoms with Crippen LogP contribution in [-0.4, -0.2) is 67.5 Å². The van der Waals surface area contributed by atoms with Crippen LogP contribution < -0.4 is 20.3 Å². The third-order valence-corrected chi connectivity index (χ3v) is 11.5. The van der Waals surface area contributed by atoms with Crippen molar-refractivity contribution in [2.75, 3.05) is 23.5 Å². The summed E-state index contributed by atoms with van der Waals surface area (Å²) in [5.74, 6) is -0.878. The number of rotatable bonds is 13. The Labute approximate surface area is 307 Å². The fourth-order valence-electron chi connectivity index (χ4n) is 5.65. The smallest absolute Gasteiger partial charge is 0.264 e. The molecule has 4 N–H and O–H groups in total.